The number of ether oxygens (including phenoxy) is 1. The highest BCUT2D eigenvalue weighted by atomic mass is 16.5. The van der Waals surface area contributed by atoms with Gasteiger partial charge >= 0.3 is 0 Å². The molecule has 2 aliphatic rings. The highest BCUT2D eigenvalue weighted by molar-refractivity contribution is 6.99. The molecule has 0 spiro atoms. The summed E-state index contributed by atoms with van der Waals surface area (Å²) in [4.78, 5) is 0. The maximum absolute atomic E-state index is 7.23. The Morgan fingerprint density at radius 2 is 1.08 bits per heavy atom. The first-order valence-corrected chi connectivity index (χ1v) is 21.8. The number of hydrogen-bond acceptors (Lipinski definition) is 1. The van der Waals surface area contributed by atoms with E-state index in [0.717, 1.165) is 17.1 Å². The van der Waals surface area contributed by atoms with Gasteiger partial charge in [0.1, 0.15) is 11.5 Å². The monoisotopic (exact) mass is 787 g/mol. The second-order valence-corrected chi connectivity index (χ2v) is 18.9. The smallest absolute Gasteiger partial charge is 0.256 e. The van der Waals surface area contributed by atoms with Crippen molar-refractivity contribution < 1.29 is 4.74 Å². The lowest BCUT2D eigenvalue weighted by molar-refractivity contribution is 0.483. The standard InChI is InChI=1S/C58H50BNO/c1-33-23-35(3)54(36(4)24-33)40-19-22-50-46(27-40)47-28-42(55-37(5)25-34(2)26-38(55)6)29-49-57(47)60(50)51-30-41(45-18-14-13-17-44(45)39-15-11-10-12-16-39)31-53-56(51)59(49)48-21-20-43(58(7,8)9)32-52(48)61-53/h10-32H,1-9H3. The maximum atomic E-state index is 7.23. The van der Waals surface area contributed by atoms with Gasteiger partial charge in [0.2, 0.25) is 0 Å². The molecule has 2 aliphatic heterocycles. The molecule has 1 aromatic heterocycles. The van der Waals surface area contributed by atoms with Gasteiger partial charge in [-0.05, 0) is 172 Å². The third kappa shape index (κ3) is 5.77. The van der Waals surface area contributed by atoms with Crippen LogP contribution in [-0.2, 0) is 5.41 Å². The van der Waals surface area contributed by atoms with Gasteiger partial charge in [0, 0.05) is 22.0 Å². The molecule has 8 aromatic carbocycles. The van der Waals surface area contributed by atoms with E-state index in [1.165, 1.54) is 122 Å². The van der Waals surface area contributed by atoms with E-state index < -0.39 is 0 Å². The van der Waals surface area contributed by atoms with Crippen molar-refractivity contribution in [2.75, 3.05) is 0 Å². The van der Waals surface area contributed by atoms with E-state index in [1.54, 1.807) is 0 Å². The Labute approximate surface area is 360 Å². The molecule has 0 amide bonds. The van der Waals surface area contributed by atoms with E-state index in [-0.39, 0.29) is 12.1 Å². The average molecular weight is 788 g/mol. The summed E-state index contributed by atoms with van der Waals surface area (Å²) in [5, 5.41) is 2.55. The Balaban J connectivity index is 1.28. The molecule has 61 heavy (non-hydrogen) atoms. The zero-order chi connectivity index (χ0) is 42.1. The average Bonchev–Trinajstić information content (AvgIpc) is 3.55. The SMILES string of the molecule is Cc1cc(C)c(-c2ccc3c(c2)c2cc(-c4c(C)cc(C)cc4C)cc4c2n3-c2cc(-c3ccccc3-c3ccccc3)cc3c2B4c2ccc(C(C)(C)C)cc2O3)c(C)c1. The van der Waals surface area contributed by atoms with Gasteiger partial charge in [-0.15, -0.1) is 0 Å². The van der Waals surface area contributed by atoms with Crippen molar-refractivity contribution in [3.05, 3.63) is 178 Å². The molecule has 0 saturated heterocycles. The van der Waals surface area contributed by atoms with Crippen LogP contribution in [0.5, 0.6) is 11.5 Å². The summed E-state index contributed by atoms with van der Waals surface area (Å²) in [6.45, 7) is 20.3. The molecule has 0 N–H and O–H groups in total. The van der Waals surface area contributed by atoms with Crippen molar-refractivity contribution in [3.63, 3.8) is 0 Å². The number of aromatic nitrogens is 1. The van der Waals surface area contributed by atoms with E-state index in [2.05, 4.69) is 206 Å². The number of hydrogen-bond donors (Lipinski definition) is 0. The predicted molar refractivity (Wildman–Crippen MR) is 261 cm³/mol. The summed E-state index contributed by atoms with van der Waals surface area (Å²) >= 11 is 0. The highest BCUT2D eigenvalue weighted by Crippen LogP contribution is 2.45. The Morgan fingerprint density at radius 3 is 1.74 bits per heavy atom. The van der Waals surface area contributed by atoms with Crippen LogP contribution in [0.4, 0.5) is 0 Å². The van der Waals surface area contributed by atoms with Crippen molar-refractivity contribution in [2.24, 2.45) is 0 Å². The van der Waals surface area contributed by atoms with Crippen molar-refractivity contribution in [3.8, 4) is 61.7 Å². The van der Waals surface area contributed by atoms with Crippen LogP contribution >= 0.6 is 0 Å². The van der Waals surface area contributed by atoms with Gasteiger partial charge in [-0.25, -0.2) is 0 Å². The summed E-state index contributed by atoms with van der Waals surface area (Å²) in [7, 11) is 0. The summed E-state index contributed by atoms with van der Waals surface area (Å²) in [5.41, 5.74) is 26.4. The minimum atomic E-state index is -0.0289. The van der Waals surface area contributed by atoms with Crippen LogP contribution in [0.25, 0.3) is 72.0 Å². The van der Waals surface area contributed by atoms with Crippen LogP contribution in [0.3, 0.4) is 0 Å². The molecular weight excluding hydrogens is 737 g/mol. The molecule has 0 saturated carbocycles. The molecule has 9 aromatic rings. The van der Waals surface area contributed by atoms with E-state index in [4.69, 9.17) is 4.74 Å². The molecule has 3 heteroatoms. The number of rotatable bonds is 4. The summed E-state index contributed by atoms with van der Waals surface area (Å²) in [6, 6.07) is 52.8. The number of nitrogens with zero attached hydrogens (tertiary/aromatic N) is 1. The van der Waals surface area contributed by atoms with Crippen LogP contribution in [0.1, 0.15) is 59.7 Å². The zero-order valence-corrected chi connectivity index (χ0v) is 36.7. The molecular formula is C58H50BNO. The van der Waals surface area contributed by atoms with Gasteiger partial charge in [-0.1, -0.05) is 135 Å². The van der Waals surface area contributed by atoms with Gasteiger partial charge in [0.15, 0.2) is 0 Å². The molecule has 0 unspecified atom stereocenters. The first kappa shape index (κ1) is 37.4. The van der Waals surface area contributed by atoms with Crippen LogP contribution in [-0.4, -0.2) is 11.3 Å². The molecule has 0 atom stereocenters. The number of aryl methyl sites for hydroxylation is 6. The lowest BCUT2D eigenvalue weighted by Gasteiger charge is -2.35. The molecule has 0 fully saturated rings. The molecule has 3 heterocycles. The second-order valence-electron chi connectivity index (χ2n) is 18.9. The summed E-state index contributed by atoms with van der Waals surface area (Å²) in [6.07, 6.45) is 0. The quantitative estimate of drug-likeness (QED) is 0.162. The van der Waals surface area contributed by atoms with Crippen LogP contribution in [0.2, 0.25) is 0 Å². The fourth-order valence-corrected chi connectivity index (χ4v) is 11.1. The third-order valence-corrected chi connectivity index (χ3v) is 13.5. The Kier molecular flexibility index (Phi) is 8.26. The van der Waals surface area contributed by atoms with E-state index in [9.17, 15) is 0 Å². The Morgan fingerprint density at radius 1 is 0.475 bits per heavy atom. The van der Waals surface area contributed by atoms with Crippen LogP contribution in [0.15, 0.2) is 140 Å². The molecule has 0 aliphatic carbocycles. The summed E-state index contributed by atoms with van der Waals surface area (Å²) < 4.78 is 9.80. The fourth-order valence-electron chi connectivity index (χ4n) is 11.1. The summed E-state index contributed by atoms with van der Waals surface area (Å²) in [5.74, 6) is 1.87. The Bertz CT molecular complexity index is 3280. The van der Waals surface area contributed by atoms with Gasteiger partial charge in [-0.3, -0.25) is 0 Å². The lowest BCUT2D eigenvalue weighted by atomic mass is 9.34. The number of fused-ring (bicyclic) bond motifs is 7. The molecule has 296 valence electrons. The van der Waals surface area contributed by atoms with E-state index in [0.29, 0.717) is 0 Å². The van der Waals surface area contributed by atoms with E-state index in [1.807, 2.05) is 0 Å². The predicted octanol–water partition coefficient (Wildman–Crippen LogP) is 13.5. The van der Waals surface area contributed by atoms with E-state index >= 15 is 0 Å². The minimum Gasteiger partial charge on any atom is -0.458 e. The third-order valence-electron chi connectivity index (χ3n) is 13.5. The van der Waals surface area contributed by atoms with Gasteiger partial charge < -0.3 is 9.30 Å². The molecule has 11 rings (SSSR count). The van der Waals surface area contributed by atoms with Gasteiger partial charge in [0.25, 0.3) is 6.71 Å². The van der Waals surface area contributed by atoms with Crippen LogP contribution in [0, 0.1) is 41.5 Å². The van der Waals surface area contributed by atoms with Crippen molar-refractivity contribution >= 4 is 44.9 Å². The van der Waals surface area contributed by atoms with Crippen molar-refractivity contribution in [2.45, 2.75) is 67.7 Å². The first-order valence-electron chi connectivity index (χ1n) is 21.8. The van der Waals surface area contributed by atoms with Gasteiger partial charge in [0.05, 0.1) is 5.52 Å². The molecule has 2 nitrogen and oxygen atoms in total. The maximum Gasteiger partial charge on any atom is 0.256 e. The normalized spacial score (nSPS) is 12.8. The van der Waals surface area contributed by atoms with Crippen LogP contribution < -0.4 is 21.1 Å². The zero-order valence-electron chi connectivity index (χ0n) is 36.7. The highest BCUT2D eigenvalue weighted by Gasteiger charge is 2.42. The molecule has 0 radical (unpaired) electrons. The van der Waals surface area contributed by atoms with Gasteiger partial charge in [-0.2, -0.15) is 0 Å². The van der Waals surface area contributed by atoms with Crippen molar-refractivity contribution in [1.29, 1.82) is 0 Å². The largest absolute Gasteiger partial charge is 0.458 e. The fraction of sp³-hybridized carbons (Fsp3) is 0.172. The second kappa shape index (κ2) is 13.5. The molecule has 0 bridgehead atoms. The number of benzene rings is 8. The first-order chi connectivity index (χ1) is 29.3. The minimum absolute atomic E-state index is 0.0208. The lowest BCUT2D eigenvalue weighted by Crippen LogP contribution is -2.58. The van der Waals surface area contributed by atoms with Crippen molar-refractivity contribution in [1.82, 2.24) is 4.57 Å². The topological polar surface area (TPSA) is 14.2 Å². The Hall–Kier alpha value is -6.58.